The monoisotopic (exact) mass is 347 g/mol. The van der Waals surface area contributed by atoms with E-state index in [-0.39, 0.29) is 11.3 Å². The van der Waals surface area contributed by atoms with Crippen LogP contribution in [0.2, 0.25) is 0 Å². The number of nitro benzene ring substituents is 1. The third-order valence-electron chi connectivity index (χ3n) is 3.52. The third kappa shape index (κ3) is 4.74. The first-order valence-corrected chi connectivity index (χ1v) is 7.51. The standard InChI is InChI=1S/C17H18FN3O4/c1-11-9-12(18)3-5-15(11)20-17(22)14-10-13(21(23)24)4-6-16(14)19-7-8-25-2/h3-6,9-10,19H,7-8H2,1-2H3,(H,20,22). The number of nitrogens with zero attached hydrogens (tertiary/aromatic N) is 1. The van der Waals surface area contributed by atoms with Crippen molar-refractivity contribution in [2.24, 2.45) is 0 Å². The zero-order chi connectivity index (χ0) is 18.4. The molecule has 25 heavy (non-hydrogen) atoms. The maximum absolute atomic E-state index is 13.2. The SMILES string of the molecule is COCCNc1ccc([N+](=O)[O-])cc1C(=O)Nc1ccc(F)cc1C. The molecule has 0 aliphatic heterocycles. The molecule has 0 spiro atoms. The fourth-order valence-electron chi connectivity index (χ4n) is 2.23. The van der Waals surface area contributed by atoms with Crippen LogP contribution >= 0.6 is 0 Å². The lowest BCUT2D eigenvalue weighted by molar-refractivity contribution is -0.384. The molecule has 0 atom stereocenters. The normalized spacial score (nSPS) is 10.4. The maximum atomic E-state index is 13.2. The van der Waals surface area contributed by atoms with Crippen LogP contribution in [0.15, 0.2) is 36.4 Å². The largest absolute Gasteiger partial charge is 0.383 e. The summed E-state index contributed by atoms with van der Waals surface area (Å²) < 4.78 is 18.1. The zero-order valence-corrected chi connectivity index (χ0v) is 13.8. The Labute approximate surface area is 144 Å². The minimum atomic E-state index is -0.571. The molecule has 0 heterocycles. The number of non-ortho nitro benzene ring substituents is 1. The number of carbonyl (C=O) groups excluding carboxylic acids is 1. The minimum absolute atomic E-state index is 0.119. The van der Waals surface area contributed by atoms with Gasteiger partial charge in [-0.2, -0.15) is 0 Å². The second-order valence-electron chi connectivity index (χ2n) is 5.32. The van der Waals surface area contributed by atoms with E-state index in [9.17, 15) is 19.3 Å². The van der Waals surface area contributed by atoms with Crippen LogP contribution in [0.25, 0.3) is 0 Å². The molecule has 0 fully saturated rings. The number of hydrogen-bond acceptors (Lipinski definition) is 5. The van der Waals surface area contributed by atoms with Crippen LogP contribution in [0.1, 0.15) is 15.9 Å². The van der Waals surface area contributed by atoms with Gasteiger partial charge in [-0.1, -0.05) is 0 Å². The van der Waals surface area contributed by atoms with Crippen molar-refractivity contribution in [3.05, 3.63) is 63.5 Å². The van der Waals surface area contributed by atoms with E-state index in [1.165, 1.54) is 36.4 Å². The number of nitro groups is 1. The second-order valence-corrected chi connectivity index (χ2v) is 5.32. The third-order valence-corrected chi connectivity index (χ3v) is 3.52. The van der Waals surface area contributed by atoms with Crippen LogP contribution in [-0.2, 0) is 4.74 Å². The highest BCUT2D eigenvalue weighted by atomic mass is 19.1. The highest BCUT2D eigenvalue weighted by molar-refractivity contribution is 6.08. The van der Waals surface area contributed by atoms with Crippen molar-refractivity contribution in [1.29, 1.82) is 0 Å². The van der Waals surface area contributed by atoms with E-state index in [1.807, 2.05) is 0 Å². The van der Waals surface area contributed by atoms with Gasteiger partial charge in [0.2, 0.25) is 0 Å². The number of anilines is 2. The number of rotatable bonds is 7. The number of hydrogen-bond donors (Lipinski definition) is 2. The Morgan fingerprint density at radius 1 is 1.24 bits per heavy atom. The van der Waals surface area contributed by atoms with E-state index in [0.717, 1.165) is 0 Å². The van der Waals surface area contributed by atoms with Crippen LogP contribution < -0.4 is 10.6 Å². The molecule has 0 aliphatic carbocycles. The lowest BCUT2D eigenvalue weighted by Gasteiger charge is -2.13. The molecule has 1 amide bonds. The first-order valence-electron chi connectivity index (χ1n) is 7.51. The Hall–Kier alpha value is -3.00. The van der Waals surface area contributed by atoms with Gasteiger partial charge in [-0.3, -0.25) is 14.9 Å². The molecule has 2 aromatic carbocycles. The van der Waals surface area contributed by atoms with Crippen molar-refractivity contribution in [2.45, 2.75) is 6.92 Å². The highest BCUT2D eigenvalue weighted by Crippen LogP contribution is 2.24. The fraction of sp³-hybridized carbons (Fsp3) is 0.235. The van der Waals surface area contributed by atoms with Crippen LogP contribution in [0.3, 0.4) is 0 Å². The van der Waals surface area contributed by atoms with Gasteiger partial charge in [0.1, 0.15) is 5.82 Å². The minimum Gasteiger partial charge on any atom is -0.383 e. The quantitative estimate of drug-likeness (QED) is 0.455. The van der Waals surface area contributed by atoms with Gasteiger partial charge in [0.15, 0.2) is 0 Å². The lowest BCUT2D eigenvalue weighted by Crippen LogP contribution is -2.17. The van der Waals surface area contributed by atoms with Gasteiger partial charge in [0.05, 0.1) is 17.1 Å². The number of halogens is 1. The summed E-state index contributed by atoms with van der Waals surface area (Å²) in [6, 6.07) is 7.95. The first-order chi connectivity index (χ1) is 11.9. The molecule has 0 saturated heterocycles. The number of nitrogens with one attached hydrogen (secondary N) is 2. The molecule has 132 valence electrons. The number of carbonyl (C=O) groups is 1. The molecule has 2 aromatic rings. The van der Waals surface area contributed by atoms with Crippen molar-refractivity contribution < 1.29 is 18.8 Å². The van der Waals surface area contributed by atoms with Gasteiger partial charge in [0, 0.05) is 37.2 Å². The summed E-state index contributed by atoms with van der Waals surface area (Å²) in [6.07, 6.45) is 0. The van der Waals surface area contributed by atoms with E-state index in [0.29, 0.717) is 30.1 Å². The first kappa shape index (κ1) is 18.3. The van der Waals surface area contributed by atoms with Gasteiger partial charge >= 0.3 is 0 Å². The Morgan fingerprint density at radius 3 is 2.60 bits per heavy atom. The van der Waals surface area contributed by atoms with E-state index >= 15 is 0 Å². The Morgan fingerprint density at radius 2 is 1.96 bits per heavy atom. The lowest BCUT2D eigenvalue weighted by atomic mass is 10.1. The molecule has 0 unspecified atom stereocenters. The zero-order valence-electron chi connectivity index (χ0n) is 13.8. The molecule has 8 heteroatoms. The highest BCUT2D eigenvalue weighted by Gasteiger charge is 2.17. The average Bonchev–Trinajstić information content (AvgIpc) is 2.57. The van der Waals surface area contributed by atoms with Crippen molar-refractivity contribution >= 4 is 23.0 Å². The van der Waals surface area contributed by atoms with Crippen LogP contribution in [0, 0.1) is 22.9 Å². The number of aryl methyl sites for hydroxylation is 1. The molecule has 7 nitrogen and oxygen atoms in total. The summed E-state index contributed by atoms with van der Waals surface area (Å²) in [5.74, 6) is -0.939. The predicted octanol–water partition coefficient (Wildman–Crippen LogP) is 3.35. The average molecular weight is 347 g/mol. The summed E-state index contributed by atoms with van der Waals surface area (Å²) in [5, 5.41) is 16.6. The molecule has 2 N–H and O–H groups in total. The van der Waals surface area contributed by atoms with Crippen molar-refractivity contribution in [1.82, 2.24) is 0 Å². The van der Waals surface area contributed by atoms with E-state index in [2.05, 4.69) is 10.6 Å². The van der Waals surface area contributed by atoms with E-state index in [1.54, 1.807) is 14.0 Å². The van der Waals surface area contributed by atoms with E-state index in [4.69, 9.17) is 4.74 Å². The van der Waals surface area contributed by atoms with Crippen LogP contribution in [0.4, 0.5) is 21.5 Å². The van der Waals surface area contributed by atoms with Gasteiger partial charge in [-0.15, -0.1) is 0 Å². The number of methoxy groups -OCH3 is 1. The summed E-state index contributed by atoms with van der Waals surface area (Å²) in [6.45, 7) is 2.50. The Balaban J connectivity index is 2.31. The molecular formula is C17H18FN3O4. The van der Waals surface area contributed by atoms with Gasteiger partial charge in [-0.05, 0) is 36.8 Å². The van der Waals surface area contributed by atoms with Crippen molar-refractivity contribution in [3.8, 4) is 0 Å². The maximum Gasteiger partial charge on any atom is 0.270 e. The molecule has 0 bridgehead atoms. The molecular weight excluding hydrogens is 329 g/mol. The van der Waals surface area contributed by atoms with Gasteiger partial charge in [-0.25, -0.2) is 4.39 Å². The number of amides is 1. The summed E-state index contributed by atoms with van der Waals surface area (Å²) in [7, 11) is 1.54. The molecule has 0 aromatic heterocycles. The summed E-state index contributed by atoms with van der Waals surface area (Å²) in [4.78, 5) is 23.0. The predicted molar refractivity (Wildman–Crippen MR) is 92.6 cm³/mol. The smallest absolute Gasteiger partial charge is 0.270 e. The number of benzene rings is 2. The van der Waals surface area contributed by atoms with Crippen LogP contribution in [0.5, 0.6) is 0 Å². The Kier molecular flexibility index (Phi) is 6.02. The van der Waals surface area contributed by atoms with Crippen molar-refractivity contribution in [2.75, 3.05) is 30.9 Å². The number of ether oxygens (including phenoxy) is 1. The van der Waals surface area contributed by atoms with Gasteiger partial charge < -0.3 is 15.4 Å². The molecule has 2 rings (SSSR count). The molecule has 0 radical (unpaired) electrons. The fourth-order valence-corrected chi connectivity index (χ4v) is 2.23. The van der Waals surface area contributed by atoms with Crippen LogP contribution in [-0.4, -0.2) is 31.1 Å². The van der Waals surface area contributed by atoms with Crippen molar-refractivity contribution in [3.63, 3.8) is 0 Å². The molecule has 0 aliphatic rings. The summed E-state index contributed by atoms with van der Waals surface area (Å²) >= 11 is 0. The van der Waals surface area contributed by atoms with E-state index < -0.39 is 16.6 Å². The topological polar surface area (TPSA) is 93.5 Å². The summed E-state index contributed by atoms with van der Waals surface area (Å²) in [5.41, 5.74) is 1.35. The molecule has 0 saturated carbocycles. The Bertz CT molecular complexity index is 795. The second kappa shape index (κ2) is 8.20. The van der Waals surface area contributed by atoms with Gasteiger partial charge in [0.25, 0.3) is 11.6 Å².